The van der Waals surface area contributed by atoms with Gasteiger partial charge in [0, 0.05) is 17.2 Å². The van der Waals surface area contributed by atoms with Gasteiger partial charge in [-0.05, 0) is 29.8 Å². The van der Waals surface area contributed by atoms with Crippen molar-refractivity contribution in [1.29, 1.82) is 0 Å². The molecule has 174 valence electrons. The number of carbonyl (C=O) groups is 1. The normalized spacial score (nSPS) is 10.4. The minimum atomic E-state index is -0.702. The van der Waals surface area contributed by atoms with Gasteiger partial charge in [-0.25, -0.2) is 9.59 Å². The van der Waals surface area contributed by atoms with Gasteiger partial charge in [0.15, 0.2) is 28.8 Å². The quantitative estimate of drug-likeness (QED) is 0.468. The van der Waals surface area contributed by atoms with Crippen LogP contribution in [0.2, 0.25) is 0 Å². The molecular weight excluding hydrogens is 432 g/mol. The van der Waals surface area contributed by atoms with E-state index in [-0.39, 0.29) is 11.3 Å². The van der Waals surface area contributed by atoms with Gasteiger partial charge in [-0.1, -0.05) is 6.07 Å². The molecule has 3 rings (SSSR count). The van der Waals surface area contributed by atoms with Crippen LogP contribution in [0, 0.1) is 0 Å². The summed E-state index contributed by atoms with van der Waals surface area (Å²) >= 11 is 0. The lowest BCUT2D eigenvalue weighted by atomic mass is 9.96. The second kappa shape index (κ2) is 9.99. The van der Waals surface area contributed by atoms with Gasteiger partial charge in [0.2, 0.25) is 5.75 Å². The van der Waals surface area contributed by atoms with Crippen molar-refractivity contribution in [2.24, 2.45) is 0 Å². The Morgan fingerprint density at radius 2 is 1.27 bits per heavy atom. The minimum Gasteiger partial charge on any atom is -0.493 e. The number of hydrogen-bond acceptors (Lipinski definition) is 9. The highest BCUT2D eigenvalue weighted by Crippen LogP contribution is 2.43. The van der Waals surface area contributed by atoms with Crippen molar-refractivity contribution >= 4 is 5.97 Å². The molecule has 0 aliphatic carbocycles. The molecule has 0 amide bonds. The number of rotatable bonds is 8. The molecule has 0 N–H and O–H groups in total. The van der Waals surface area contributed by atoms with Gasteiger partial charge in [0.1, 0.15) is 5.56 Å². The first kappa shape index (κ1) is 23.5. The number of benzene rings is 2. The fourth-order valence-electron chi connectivity index (χ4n) is 3.45. The molecule has 0 spiro atoms. The molecule has 2 aromatic carbocycles. The third-order valence-corrected chi connectivity index (χ3v) is 4.97. The third-order valence-electron chi connectivity index (χ3n) is 4.97. The van der Waals surface area contributed by atoms with Crippen molar-refractivity contribution in [2.45, 2.75) is 0 Å². The van der Waals surface area contributed by atoms with Crippen LogP contribution in [0.3, 0.4) is 0 Å². The third kappa shape index (κ3) is 4.43. The van der Waals surface area contributed by atoms with Crippen molar-refractivity contribution in [3.63, 3.8) is 0 Å². The average molecular weight is 456 g/mol. The molecular formula is C24H24O9. The second-order valence-corrected chi connectivity index (χ2v) is 6.66. The monoisotopic (exact) mass is 456 g/mol. The van der Waals surface area contributed by atoms with Gasteiger partial charge < -0.3 is 32.8 Å². The van der Waals surface area contributed by atoms with E-state index in [1.807, 2.05) is 0 Å². The molecule has 1 aromatic heterocycles. The van der Waals surface area contributed by atoms with Crippen LogP contribution in [0.4, 0.5) is 0 Å². The molecule has 0 unspecified atom stereocenters. The number of carbonyl (C=O) groups excluding carboxylic acids is 1. The van der Waals surface area contributed by atoms with Crippen LogP contribution in [0.1, 0.15) is 10.4 Å². The number of ether oxygens (including phenoxy) is 6. The zero-order chi connectivity index (χ0) is 24.1. The maximum absolute atomic E-state index is 12.9. The summed E-state index contributed by atoms with van der Waals surface area (Å²) in [5.41, 5.74) is 0.538. The summed E-state index contributed by atoms with van der Waals surface area (Å²) in [4.78, 5) is 25.5. The predicted octanol–water partition coefficient (Wildman–Crippen LogP) is 3.80. The van der Waals surface area contributed by atoms with Gasteiger partial charge in [-0.2, -0.15) is 0 Å². The Bertz CT molecular complexity index is 1200. The molecule has 0 saturated carbocycles. The zero-order valence-corrected chi connectivity index (χ0v) is 19.1. The first-order valence-electron chi connectivity index (χ1n) is 9.71. The Morgan fingerprint density at radius 1 is 0.697 bits per heavy atom. The Hall–Kier alpha value is -4.14. The van der Waals surface area contributed by atoms with Gasteiger partial charge >= 0.3 is 11.6 Å². The van der Waals surface area contributed by atoms with E-state index in [9.17, 15) is 9.59 Å². The van der Waals surface area contributed by atoms with E-state index in [2.05, 4.69) is 0 Å². The molecule has 0 radical (unpaired) electrons. The van der Waals surface area contributed by atoms with E-state index in [1.165, 1.54) is 48.7 Å². The summed E-state index contributed by atoms with van der Waals surface area (Å²) in [5.74, 6) is 1.19. The van der Waals surface area contributed by atoms with Gasteiger partial charge in [-0.3, -0.25) is 0 Å². The van der Waals surface area contributed by atoms with E-state index in [4.69, 9.17) is 32.8 Å². The minimum absolute atomic E-state index is 0.0154. The maximum Gasteiger partial charge on any atom is 0.342 e. The molecule has 0 saturated heterocycles. The van der Waals surface area contributed by atoms with Crippen LogP contribution in [0.25, 0.3) is 22.5 Å². The lowest BCUT2D eigenvalue weighted by Crippen LogP contribution is -2.11. The zero-order valence-electron chi connectivity index (χ0n) is 19.1. The van der Waals surface area contributed by atoms with Crippen molar-refractivity contribution in [3.8, 4) is 51.2 Å². The summed E-state index contributed by atoms with van der Waals surface area (Å²) in [5, 5.41) is 0. The highest BCUT2D eigenvalue weighted by Gasteiger charge is 2.26. The van der Waals surface area contributed by atoms with Crippen LogP contribution < -0.4 is 29.3 Å². The Morgan fingerprint density at radius 3 is 1.79 bits per heavy atom. The topological polar surface area (TPSA) is 103 Å². The lowest BCUT2D eigenvalue weighted by molar-refractivity contribution is 0.0600. The molecule has 3 aromatic rings. The van der Waals surface area contributed by atoms with Crippen LogP contribution >= 0.6 is 0 Å². The summed E-state index contributed by atoms with van der Waals surface area (Å²) in [6, 6.07) is 9.38. The first-order chi connectivity index (χ1) is 15.9. The molecule has 9 nitrogen and oxygen atoms in total. The molecule has 33 heavy (non-hydrogen) atoms. The molecule has 1 heterocycles. The van der Waals surface area contributed by atoms with Crippen molar-refractivity contribution in [3.05, 3.63) is 52.4 Å². The van der Waals surface area contributed by atoms with Crippen LogP contribution in [-0.2, 0) is 4.74 Å². The van der Waals surface area contributed by atoms with Crippen LogP contribution in [0.5, 0.6) is 28.7 Å². The van der Waals surface area contributed by atoms with E-state index in [1.54, 1.807) is 30.3 Å². The van der Waals surface area contributed by atoms with E-state index in [0.29, 0.717) is 45.4 Å². The highest BCUT2D eigenvalue weighted by molar-refractivity contribution is 6.02. The molecule has 9 heteroatoms. The molecule has 0 atom stereocenters. The Kier molecular flexibility index (Phi) is 7.12. The van der Waals surface area contributed by atoms with Crippen LogP contribution in [0.15, 0.2) is 45.6 Å². The number of methoxy groups -OCH3 is 6. The second-order valence-electron chi connectivity index (χ2n) is 6.66. The summed E-state index contributed by atoms with van der Waals surface area (Å²) in [6.07, 6.45) is 0. The standard InChI is InChI=1S/C24H24O9/c1-27-16-8-7-13(9-17(16)28-2)15-12-20(25)33-22(21(15)24(26)32-6)14-10-18(29-3)23(31-5)19(11-14)30-4/h7-12H,1-6H3. The van der Waals surface area contributed by atoms with Crippen LogP contribution in [-0.4, -0.2) is 48.6 Å². The van der Waals surface area contributed by atoms with Crippen molar-refractivity contribution in [1.82, 2.24) is 0 Å². The van der Waals surface area contributed by atoms with E-state index < -0.39 is 11.6 Å². The summed E-state index contributed by atoms with van der Waals surface area (Å²) in [6.45, 7) is 0. The van der Waals surface area contributed by atoms with E-state index in [0.717, 1.165) is 0 Å². The largest absolute Gasteiger partial charge is 0.493 e. The Balaban J connectivity index is 2.37. The fraction of sp³-hybridized carbons (Fsp3) is 0.250. The van der Waals surface area contributed by atoms with E-state index >= 15 is 0 Å². The van der Waals surface area contributed by atoms with Crippen molar-refractivity contribution in [2.75, 3.05) is 42.7 Å². The lowest BCUT2D eigenvalue weighted by Gasteiger charge is -2.16. The summed E-state index contributed by atoms with van der Waals surface area (Å²) in [7, 11) is 8.63. The number of hydrogen-bond donors (Lipinski definition) is 0. The molecule has 0 aliphatic rings. The molecule has 0 aliphatic heterocycles. The van der Waals surface area contributed by atoms with Gasteiger partial charge in [0.25, 0.3) is 0 Å². The van der Waals surface area contributed by atoms with Gasteiger partial charge in [0.05, 0.1) is 42.7 Å². The molecule has 0 fully saturated rings. The Labute approximate surface area is 190 Å². The molecule has 0 bridgehead atoms. The van der Waals surface area contributed by atoms with Crippen molar-refractivity contribution < 1.29 is 37.6 Å². The smallest absolute Gasteiger partial charge is 0.342 e. The fourth-order valence-corrected chi connectivity index (χ4v) is 3.45. The van der Waals surface area contributed by atoms with Gasteiger partial charge in [-0.15, -0.1) is 0 Å². The first-order valence-corrected chi connectivity index (χ1v) is 9.71. The maximum atomic E-state index is 12.9. The number of esters is 1. The predicted molar refractivity (Wildman–Crippen MR) is 120 cm³/mol. The summed E-state index contributed by atoms with van der Waals surface area (Å²) < 4.78 is 37.3. The average Bonchev–Trinajstić information content (AvgIpc) is 2.86. The SMILES string of the molecule is COC(=O)c1c(-c2ccc(OC)c(OC)c2)cc(=O)oc1-c1cc(OC)c(OC)c(OC)c1. The highest BCUT2D eigenvalue weighted by atomic mass is 16.5.